The highest BCUT2D eigenvalue weighted by Crippen LogP contribution is 2.36. The predicted octanol–water partition coefficient (Wildman–Crippen LogP) is 4.03. The van der Waals surface area contributed by atoms with Crippen LogP contribution in [-0.4, -0.2) is 52.8 Å². The number of carbonyl (C=O) groups excluding carboxylic acids is 1. The summed E-state index contributed by atoms with van der Waals surface area (Å²) < 4.78 is 64.2. The zero-order valence-electron chi connectivity index (χ0n) is 18.9. The molecular formula is C20H25F3N8O3S. The van der Waals surface area contributed by atoms with Crippen LogP contribution in [0.15, 0.2) is 24.5 Å². The van der Waals surface area contributed by atoms with Crippen LogP contribution < -0.4 is 10.6 Å². The number of nitrogens with zero attached hydrogens (tertiary/aromatic N) is 4. The lowest BCUT2D eigenvalue weighted by Crippen LogP contribution is -2.33. The zero-order valence-corrected chi connectivity index (χ0v) is 19.7. The van der Waals surface area contributed by atoms with Gasteiger partial charge < -0.3 is 15.4 Å². The van der Waals surface area contributed by atoms with E-state index in [1.807, 2.05) is 13.8 Å². The summed E-state index contributed by atoms with van der Waals surface area (Å²) in [5.41, 5.74) is -4.09. The number of ether oxygens (including phenoxy) is 1. The molecule has 1 amide bonds. The first kappa shape index (κ1) is 24.8. The number of amides is 1. The molecule has 190 valence electrons. The molecule has 0 aromatic carbocycles. The van der Waals surface area contributed by atoms with E-state index in [-0.39, 0.29) is 29.6 Å². The second kappa shape index (κ2) is 9.36. The van der Waals surface area contributed by atoms with E-state index >= 15 is 0 Å². The van der Waals surface area contributed by atoms with Crippen LogP contribution in [0.4, 0.5) is 29.6 Å². The number of alkyl carbamates (subject to hydrolysis) is 1. The van der Waals surface area contributed by atoms with E-state index in [9.17, 15) is 22.2 Å². The molecule has 3 aromatic rings. The number of aromatic amines is 1. The molecule has 1 fully saturated rings. The fourth-order valence-electron chi connectivity index (χ4n) is 3.91. The summed E-state index contributed by atoms with van der Waals surface area (Å²) >= 11 is 0. The Kier molecular flexibility index (Phi) is 6.62. The van der Waals surface area contributed by atoms with Gasteiger partial charge in [-0.1, -0.05) is 0 Å². The van der Waals surface area contributed by atoms with Crippen molar-refractivity contribution in [2.45, 2.75) is 62.4 Å². The number of hydrogen-bond donors (Lipinski definition) is 4. The van der Waals surface area contributed by atoms with Gasteiger partial charge in [0.05, 0.1) is 11.4 Å². The third-order valence-electron chi connectivity index (χ3n) is 5.51. The maximum absolute atomic E-state index is 12.8. The summed E-state index contributed by atoms with van der Waals surface area (Å²) in [7, 11) is -4.86. The van der Waals surface area contributed by atoms with Gasteiger partial charge in [0, 0.05) is 36.1 Å². The summed E-state index contributed by atoms with van der Waals surface area (Å²) in [6.07, 6.45) is 4.41. The topological polar surface area (TPSA) is 150 Å². The van der Waals surface area contributed by atoms with Gasteiger partial charge in [0.2, 0.25) is 0 Å². The van der Waals surface area contributed by atoms with Crippen LogP contribution in [-0.2, 0) is 20.2 Å². The first-order valence-electron chi connectivity index (χ1n) is 10.9. The smallest absolute Gasteiger partial charge is 0.446 e. The number of alkyl halides is 3. The number of hydrogen-bond acceptors (Lipinski definition) is 8. The third kappa shape index (κ3) is 5.66. The minimum atomic E-state index is -5.14. The molecule has 4 rings (SSSR count). The molecule has 11 nitrogen and oxygen atoms in total. The van der Waals surface area contributed by atoms with E-state index in [1.165, 1.54) is 23.0 Å². The van der Waals surface area contributed by atoms with Crippen LogP contribution in [0.3, 0.4) is 0 Å². The molecule has 3 unspecified atom stereocenters. The van der Waals surface area contributed by atoms with Crippen molar-refractivity contribution in [2.75, 3.05) is 5.32 Å². The van der Waals surface area contributed by atoms with Gasteiger partial charge in [-0.3, -0.25) is 5.10 Å². The molecule has 4 N–H and O–H groups in total. The Hall–Kier alpha value is -3.36. The second-order valence-corrected chi connectivity index (χ2v) is 10.8. The zero-order chi connectivity index (χ0) is 25.4. The van der Waals surface area contributed by atoms with Crippen LogP contribution >= 0.6 is 0 Å². The molecule has 0 bridgehead atoms. The standard InChI is InChI=1S/C20H25F3N8O3S/c1-11(2)26-19(32)34-14-4-3-12(7-14)15-9-17(29-28-15)27-18-16-8-13(30-31(16)6-5-25-18)10-35(24,33)20(21,22)23/h5-6,8-9,11-12,14,24H,3-4,7,10H2,1-2H3,(H,26,32)(H2,25,27,28,29). The highest BCUT2D eigenvalue weighted by atomic mass is 32.2. The molecule has 1 aliphatic rings. The summed E-state index contributed by atoms with van der Waals surface area (Å²) in [5, 5.41) is 16.9. The van der Waals surface area contributed by atoms with Crippen molar-refractivity contribution in [1.82, 2.24) is 30.1 Å². The van der Waals surface area contributed by atoms with Crippen molar-refractivity contribution in [3.8, 4) is 0 Å². The maximum atomic E-state index is 12.8. The Balaban J connectivity index is 1.44. The van der Waals surface area contributed by atoms with Gasteiger partial charge in [0.15, 0.2) is 11.6 Å². The lowest BCUT2D eigenvalue weighted by molar-refractivity contribution is -0.0408. The molecule has 0 spiro atoms. The minimum Gasteiger partial charge on any atom is -0.446 e. The molecule has 3 aromatic heterocycles. The Morgan fingerprint density at radius 1 is 1.37 bits per heavy atom. The molecule has 15 heteroatoms. The molecule has 1 saturated carbocycles. The normalized spacial score (nSPS) is 20.2. The van der Waals surface area contributed by atoms with Gasteiger partial charge >= 0.3 is 11.6 Å². The first-order valence-corrected chi connectivity index (χ1v) is 12.6. The van der Waals surface area contributed by atoms with E-state index in [4.69, 9.17) is 9.52 Å². The molecule has 1 aliphatic carbocycles. The molecule has 3 heterocycles. The van der Waals surface area contributed by atoms with Crippen molar-refractivity contribution >= 4 is 33.0 Å². The number of nitrogens with one attached hydrogen (secondary N) is 4. The van der Waals surface area contributed by atoms with Gasteiger partial charge in [-0.2, -0.15) is 23.4 Å². The molecule has 3 atom stereocenters. The molecule has 0 radical (unpaired) electrons. The fraction of sp³-hybridized carbons (Fsp3) is 0.500. The number of fused-ring (bicyclic) bond motifs is 1. The van der Waals surface area contributed by atoms with Crippen molar-refractivity contribution in [3.05, 3.63) is 35.9 Å². The second-order valence-electron chi connectivity index (χ2n) is 8.68. The summed E-state index contributed by atoms with van der Waals surface area (Å²) in [4.78, 5) is 16.0. The Bertz CT molecular complexity index is 1320. The Labute approximate surface area is 198 Å². The lowest BCUT2D eigenvalue weighted by atomic mass is 10.0. The van der Waals surface area contributed by atoms with Gasteiger partial charge in [-0.25, -0.2) is 23.3 Å². The highest BCUT2D eigenvalue weighted by Gasteiger charge is 2.42. The van der Waals surface area contributed by atoms with Gasteiger partial charge in [0.25, 0.3) is 0 Å². The monoisotopic (exact) mass is 514 g/mol. The molecular weight excluding hydrogens is 489 g/mol. The lowest BCUT2D eigenvalue weighted by Gasteiger charge is -2.14. The quantitative estimate of drug-likeness (QED) is 0.372. The summed E-state index contributed by atoms with van der Waals surface area (Å²) in [6.45, 7) is 3.71. The summed E-state index contributed by atoms with van der Waals surface area (Å²) in [5.74, 6) is -0.215. The van der Waals surface area contributed by atoms with Gasteiger partial charge in [-0.15, -0.1) is 0 Å². The van der Waals surface area contributed by atoms with Gasteiger partial charge in [0.1, 0.15) is 21.3 Å². The maximum Gasteiger partial charge on any atom is 0.479 e. The number of halogens is 3. The molecule has 0 saturated heterocycles. The average molecular weight is 515 g/mol. The largest absolute Gasteiger partial charge is 0.479 e. The van der Waals surface area contributed by atoms with E-state index in [0.717, 1.165) is 18.5 Å². The van der Waals surface area contributed by atoms with Crippen LogP contribution in [0.2, 0.25) is 0 Å². The summed E-state index contributed by atoms with van der Waals surface area (Å²) in [6, 6.07) is 3.10. The van der Waals surface area contributed by atoms with E-state index in [1.54, 1.807) is 6.07 Å². The number of aromatic nitrogens is 5. The third-order valence-corrected chi connectivity index (χ3v) is 6.96. The van der Waals surface area contributed by atoms with Crippen molar-refractivity contribution < 1.29 is 26.9 Å². The Morgan fingerprint density at radius 3 is 2.86 bits per heavy atom. The number of rotatable bonds is 7. The molecule has 0 aliphatic heterocycles. The molecule has 35 heavy (non-hydrogen) atoms. The predicted molar refractivity (Wildman–Crippen MR) is 121 cm³/mol. The Morgan fingerprint density at radius 2 is 2.14 bits per heavy atom. The number of H-pyrrole nitrogens is 1. The van der Waals surface area contributed by atoms with Crippen LogP contribution in [0.5, 0.6) is 0 Å². The number of carbonyl (C=O) groups is 1. The van der Waals surface area contributed by atoms with E-state index in [2.05, 4.69) is 30.9 Å². The van der Waals surface area contributed by atoms with E-state index < -0.39 is 27.1 Å². The average Bonchev–Trinajstić information content (AvgIpc) is 3.46. The van der Waals surface area contributed by atoms with Gasteiger partial charge in [-0.05, 0) is 39.2 Å². The van der Waals surface area contributed by atoms with Crippen LogP contribution in [0, 0.1) is 4.78 Å². The first-order chi connectivity index (χ1) is 16.4. The van der Waals surface area contributed by atoms with Crippen molar-refractivity contribution in [2.24, 2.45) is 0 Å². The van der Waals surface area contributed by atoms with Crippen molar-refractivity contribution in [1.29, 1.82) is 4.78 Å². The van der Waals surface area contributed by atoms with Crippen molar-refractivity contribution in [3.63, 3.8) is 0 Å². The van der Waals surface area contributed by atoms with Crippen LogP contribution in [0.1, 0.15) is 50.4 Å². The fourth-order valence-corrected chi connectivity index (χ4v) is 4.63. The minimum absolute atomic E-state index is 0.00780. The SMILES string of the molecule is CC(C)NC(=O)OC1CCC(c2cc(Nc3nccn4nc(CS(=N)(=O)C(F)(F)F)cc34)n[nH]2)C1. The highest BCUT2D eigenvalue weighted by molar-refractivity contribution is 7.92. The van der Waals surface area contributed by atoms with Crippen LogP contribution in [0.25, 0.3) is 5.52 Å². The van der Waals surface area contributed by atoms with E-state index in [0.29, 0.717) is 17.8 Å². The number of anilines is 2.